The molecule has 2 aromatic rings. The summed E-state index contributed by atoms with van der Waals surface area (Å²) in [7, 11) is 1.72. The molecule has 2 amide bonds. The van der Waals surface area contributed by atoms with Crippen molar-refractivity contribution in [2.45, 2.75) is 32.6 Å². The fourth-order valence-corrected chi connectivity index (χ4v) is 3.96. The Kier molecular flexibility index (Phi) is 8.27. The van der Waals surface area contributed by atoms with Crippen LogP contribution in [0.2, 0.25) is 0 Å². The zero-order chi connectivity index (χ0) is 25.5. The molecule has 1 aromatic heterocycles. The SMILES string of the molecule is CN/C=C\C(N)=NC(=O)c1cc(C)cc(Oc2cnc(N(CC3CC3)C(=O)C3CCOCC3)cn2)c1. The van der Waals surface area contributed by atoms with Gasteiger partial charge in [-0.3, -0.25) is 14.5 Å². The predicted octanol–water partition coefficient (Wildman–Crippen LogP) is 2.98. The molecule has 10 nitrogen and oxygen atoms in total. The number of aryl methyl sites for hydroxylation is 1. The van der Waals surface area contributed by atoms with Crippen LogP contribution in [0, 0.1) is 18.8 Å². The van der Waals surface area contributed by atoms with Crippen molar-refractivity contribution in [1.82, 2.24) is 15.3 Å². The first kappa shape index (κ1) is 25.3. The van der Waals surface area contributed by atoms with Crippen LogP contribution in [0.5, 0.6) is 11.6 Å². The van der Waals surface area contributed by atoms with E-state index in [1.54, 1.807) is 42.5 Å². The molecule has 2 heterocycles. The number of ether oxygens (including phenoxy) is 2. The molecule has 10 heteroatoms. The van der Waals surface area contributed by atoms with Gasteiger partial charge in [0.15, 0.2) is 5.82 Å². The Morgan fingerprint density at radius 2 is 1.97 bits per heavy atom. The van der Waals surface area contributed by atoms with Crippen LogP contribution < -0.4 is 20.7 Å². The minimum atomic E-state index is -0.481. The molecule has 190 valence electrons. The van der Waals surface area contributed by atoms with Crippen molar-refractivity contribution in [3.63, 3.8) is 0 Å². The number of carbonyl (C=O) groups is 2. The maximum absolute atomic E-state index is 13.2. The fourth-order valence-electron chi connectivity index (χ4n) is 3.96. The second kappa shape index (κ2) is 11.8. The Morgan fingerprint density at radius 1 is 1.19 bits per heavy atom. The van der Waals surface area contributed by atoms with Gasteiger partial charge in [-0.25, -0.2) is 9.97 Å². The van der Waals surface area contributed by atoms with E-state index in [-0.39, 0.29) is 23.5 Å². The van der Waals surface area contributed by atoms with Crippen molar-refractivity contribution < 1.29 is 19.1 Å². The zero-order valence-corrected chi connectivity index (χ0v) is 20.6. The molecule has 0 atom stereocenters. The Hall–Kier alpha value is -3.79. The van der Waals surface area contributed by atoms with Gasteiger partial charge in [0, 0.05) is 38.3 Å². The highest BCUT2D eigenvalue weighted by Crippen LogP contribution is 2.33. The normalized spacial score (nSPS) is 16.7. The van der Waals surface area contributed by atoms with Crippen LogP contribution in [0.4, 0.5) is 5.82 Å². The quantitative estimate of drug-likeness (QED) is 0.403. The summed E-state index contributed by atoms with van der Waals surface area (Å²) in [5, 5.41) is 2.79. The number of benzene rings is 1. The molecular weight excluding hydrogens is 460 g/mol. The van der Waals surface area contributed by atoms with Crippen LogP contribution in [0.25, 0.3) is 0 Å². The Labute approximate surface area is 210 Å². The maximum atomic E-state index is 13.2. The van der Waals surface area contributed by atoms with Crippen LogP contribution in [0.3, 0.4) is 0 Å². The summed E-state index contributed by atoms with van der Waals surface area (Å²) >= 11 is 0. The first-order chi connectivity index (χ1) is 17.4. The minimum absolute atomic E-state index is 0.0519. The second-order valence-corrected chi connectivity index (χ2v) is 9.09. The van der Waals surface area contributed by atoms with E-state index in [9.17, 15) is 9.59 Å². The standard InChI is InChI=1S/C26H32N6O4/c1-17-11-20(25(33)31-22(27)5-8-28-2)13-21(12-17)36-24-15-29-23(14-30-24)32(16-18-3-4-18)26(34)19-6-9-35-10-7-19/h5,8,11-15,18-19,28H,3-4,6-7,9-10,16H2,1-2H3,(H2,27,31,33)/b8-5-. The van der Waals surface area contributed by atoms with Gasteiger partial charge in [-0.15, -0.1) is 0 Å². The lowest BCUT2D eigenvalue weighted by Gasteiger charge is -2.28. The van der Waals surface area contributed by atoms with Crippen LogP contribution in [0.15, 0.2) is 47.9 Å². The summed E-state index contributed by atoms with van der Waals surface area (Å²) in [4.78, 5) is 40.3. The van der Waals surface area contributed by atoms with Crippen LogP contribution in [0.1, 0.15) is 41.6 Å². The lowest BCUT2D eigenvalue weighted by atomic mass is 9.98. The third-order valence-corrected chi connectivity index (χ3v) is 6.04. The van der Waals surface area contributed by atoms with Gasteiger partial charge in [-0.2, -0.15) is 4.99 Å². The van der Waals surface area contributed by atoms with E-state index in [1.807, 2.05) is 6.92 Å². The topological polar surface area (TPSA) is 132 Å². The molecule has 2 aliphatic rings. The molecule has 1 saturated carbocycles. The summed E-state index contributed by atoms with van der Waals surface area (Å²) in [5.41, 5.74) is 6.92. The summed E-state index contributed by atoms with van der Waals surface area (Å²) in [6.45, 7) is 3.72. The number of hydrogen-bond donors (Lipinski definition) is 2. The number of aliphatic imine (C=N–C) groups is 1. The average Bonchev–Trinajstić information content (AvgIpc) is 3.71. The average molecular weight is 493 g/mol. The van der Waals surface area contributed by atoms with E-state index in [1.165, 1.54) is 12.3 Å². The monoisotopic (exact) mass is 492 g/mol. The van der Waals surface area contributed by atoms with E-state index >= 15 is 0 Å². The fraction of sp³-hybridized carbons (Fsp3) is 0.423. The maximum Gasteiger partial charge on any atom is 0.279 e. The van der Waals surface area contributed by atoms with E-state index in [0.29, 0.717) is 42.8 Å². The summed E-state index contributed by atoms with van der Waals surface area (Å²) < 4.78 is 11.3. The summed E-state index contributed by atoms with van der Waals surface area (Å²) in [6.07, 6.45) is 9.85. The molecule has 0 unspecified atom stereocenters. The van der Waals surface area contributed by atoms with E-state index in [2.05, 4.69) is 20.3 Å². The van der Waals surface area contributed by atoms with Crippen molar-refractivity contribution in [3.05, 3.63) is 54.0 Å². The third-order valence-electron chi connectivity index (χ3n) is 6.04. The number of nitrogens with one attached hydrogen (secondary N) is 1. The van der Waals surface area contributed by atoms with Gasteiger partial charge in [-0.1, -0.05) is 0 Å². The molecule has 3 N–H and O–H groups in total. The van der Waals surface area contributed by atoms with Crippen LogP contribution >= 0.6 is 0 Å². The smallest absolute Gasteiger partial charge is 0.279 e. The Morgan fingerprint density at radius 3 is 2.64 bits per heavy atom. The highest BCUT2D eigenvalue weighted by Gasteiger charge is 2.33. The number of amidine groups is 1. The van der Waals surface area contributed by atoms with Gasteiger partial charge in [0.25, 0.3) is 5.91 Å². The number of nitrogens with two attached hydrogens (primary N) is 1. The van der Waals surface area contributed by atoms with Gasteiger partial charge < -0.3 is 20.5 Å². The molecule has 1 aliphatic carbocycles. The summed E-state index contributed by atoms with van der Waals surface area (Å²) in [6, 6.07) is 5.08. The zero-order valence-electron chi connectivity index (χ0n) is 20.6. The number of anilines is 1. The van der Waals surface area contributed by atoms with Crippen LogP contribution in [-0.2, 0) is 9.53 Å². The molecular formula is C26H32N6O4. The number of nitrogens with zero attached hydrogens (tertiary/aromatic N) is 4. The molecule has 0 radical (unpaired) electrons. The predicted molar refractivity (Wildman–Crippen MR) is 136 cm³/mol. The molecule has 2 fully saturated rings. The summed E-state index contributed by atoms with van der Waals surface area (Å²) in [5.74, 6) is 1.35. The number of amides is 2. The number of aromatic nitrogens is 2. The largest absolute Gasteiger partial charge is 0.437 e. The first-order valence-corrected chi connectivity index (χ1v) is 12.2. The number of carbonyl (C=O) groups excluding carboxylic acids is 2. The van der Waals surface area contributed by atoms with E-state index in [0.717, 1.165) is 31.2 Å². The van der Waals surface area contributed by atoms with Crippen molar-refractivity contribution in [2.75, 3.05) is 31.7 Å². The Balaban J connectivity index is 1.48. The first-order valence-electron chi connectivity index (χ1n) is 12.2. The van der Waals surface area contributed by atoms with Crippen LogP contribution in [-0.4, -0.2) is 54.4 Å². The van der Waals surface area contributed by atoms with Gasteiger partial charge in [0.2, 0.25) is 11.8 Å². The van der Waals surface area contributed by atoms with Gasteiger partial charge in [0.05, 0.1) is 12.4 Å². The highest BCUT2D eigenvalue weighted by molar-refractivity contribution is 6.06. The van der Waals surface area contributed by atoms with Gasteiger partial charge in [0.1, 0.15) is 11.6 Å². The van der Waals surface area contributed by atoms with Crippen molar-refractivity contribution in [3.8, 4) is 11.6 Å². The van der Waals surface area contributed by atoms with E-state index in [4.69, 9.17) is 15.2 Å². The Bertz CT molecular complexity index is 1140. The van der Waals surface area contributed by atoms with E-state index < -0.39 is 5.91 Å². The molecule has 36 heavy (non-hydrogen) atoms. The molecule has 4 rings (SSSR count). The molecule has 0 spiro atoms. The van der Waals surface area contributed by atoms with Crippen molar-refractivity contribution in [2.24, 2.45) is 22.6 Å². The lowest BCUT2D eigenvalue weighted by Crippen LogP contribution is -2.40. The lowest BCUT2D eigenvalue weighted by molar-refractivity contribution is -0.125. The number of hydrogen-bond acceptors (Lipinski definition) is 7. The molecule has 0 bridgehead atoms. The van der Waals surface area contributed by atoms with Gasteiger partial charge >= 0.3 is 0 Å². The second-order valence-electron chi connectivity index (χ2n) is 9.09. The molecule has 1 aliphatic heterocycles. The molecule has 1 saturated heterocycles. The van der Waals surface area contributed by atoms with Crippen molar-refractivity contribution in [1.29, 1.82) is 0 Å². The molecule has 1 aromatic carbocycles. The third kappa shape index (κ3) is 6.88. The number of rotatable bonds is 9. The highest BCUT2D eigenvalue weighted by atomic mass is 16.5. The van der Waals surface area contributed by atoms with Gasteiger partial charge in [-0.05, 0) is 74.6 Å². The minimum Gasteiger partial charge on any atom is -0.437 e. The van der Waals surface area contributed by atoms with Crippen molar-refractivity contribution >= 4 is 23.5 Å².